The minimum atomic E-state index is -3.30. The number of unbranched alkanes of at least 4 members (excludes halogenated alkanes) is 1. The molecule has 0 spiro atoms. The molecule has 0 aromatic rings. The van der Waals surface area contributed by atoms with E-state index < -0.39 is 10.2 Å². The van der Waals surface area contributed by atoms with Crippen LogP contribution in [-0.4, -0.2) is 26.5 Å². The van der Waals surface area contributed by atoms with Gasteiger partial charge in [-0.05, 0) is 19.3 Å². The Morgan fingerprint density at radius 1 is 1.36 bits per heavy atom. The van der Waals surface area contributed by atoms with Crippen molar-refractivity contribution in [1.82, 2.24) is 9.44 Å². The van der Waals surface area contributed by atoms with Crippen LogP contribution in [-0.2, 0) is 10.2 Å². The first-order valence-corrected chi connectivity index (χ1v) is 6.39. The maximum absolute atomic E-state index is 11.1. The van der Waals surface area contributed by atoms with Gasteiger partial charge >= 0.3 is 0 Å². The SMILES string of the molecule is CCNS(=O)(=O)NCCCCC(N)=S. The molecule has 0 aliphatic carbocycles. The van der Waals surface area contributed by atoms with E-state index in [0.717, 1.165) is 12.8 Å². The van der Waals surface area contributed by atoms with Gasteiger partial charge in [0.25, 0.3) is 10.2 Å². The fraction of sp³-hybridized carbons (Fsp3) is 0.857. The van der Waals surface area contributed by atoms with E-state index in [-0.39, 0.29) is 0 Å². The van der Waals surface area contributed by atoms with E-state index in [1.165, 1.54) is 0 Å². The van der Waals surface area contributed by atoms with Crippen LogP contribution in [0.3, 0.4) is 0 Å². The van der Waals surface area contributed by atoms with Crippen molar-refractivity contribution in [1.29, 1.82) is 0 Å². The molecule has 0 atom stereocenters. The topological polar surface area (TPSA) is 84.2 Å². The fourth-order valence-corrected chi connectivity index (χ4v) is 1.91. The normalized spacial score (nSPS) is 11.5. The maximum atomic E-state index is 11.1. The van der Waals surface area contributed by atoms with Crippen molar-refractivity contribution in [2.24, 2.45) is 5.73 Å². The van der Waals surface area contributed by atoms with Crippen LogP contribution in [0.15, 0.2) is 0 Å². The van der Waals surface area contributed by atoms with Gasteiger partial charge in [0.15, 0.2) is 0 Å². The van der Waals surface area contributed by atoms with Crippen LogP contribution in [0.5, 0.6) is 0 Å². The molecule has 5 nitrogen and oxygen atoms in total. The molecule has 0 amide bonds. The van der Waals surface area contributed by atoms with Gasteiger partial charge in [-0.2, -0.15) is 8.42 Å². The third-order valence-corrected chi connectivity index (χ3v) is 2.93. The highest BCUT2D eigenvalue weighted by Gasteiger charge is 2.05. The summed E-state index contributed by atoms with van der Waals surface area (Å²) in [5, 5.41) is 0. The zero-order valence-electron chi connectivity index (χ0n) is 8.25. The molecule has 0 rings (SSSR count). The van der Waals surface area contributed by atoms with E-state index in [9.17, 15) is 8.42 Å². The van der Waals surface area contributed by atoms with Gasteiger partial charge in [-0.3, -0.25) is 0 Å². The largest absolute Gasteiger partial charge is 0.393 e. The molecule has 0 saturated heterocycles. The minimum absolute atomic E-state index is 0.391. The van der Waals surface area contributed by atoms with Gasteiger partial charge in [0.05, 0.1) is 4.99 Å². The number of nitrogens with two attached hydrogens (primary N) is 1. The number of thiocarbonyl (C=S) groups is 1. The second kappa shape index (κ2) is 7.10. The Labute approximate surface area is 90.6 Å². The molecule has 4 N–H and O–H groups in total. The van der Waals surface area contributed by atoms with Gasteiger partial charge in [0, 0.05) is 13.1 Å². The predicted molar refractivity (Wildman–Crippen MR) is 61.2 cm³/mol. The van der Waals surface area contributed by atoms with Crippen molar-refractivity contribution >= 4 is 27.4 Å². The third-order valence-electron chi connectivity index (χ3n) is 1.48. The number of nitrogens with one attached hydrogen (secondary N) is 2. The van der Waals surface area contributed by atoms with Crippen molar-refractivity contribution in [3.8, 4) is 0 Å². The highest BCUT2D eigenvalue weighted by molar-refractivity contribution is 7.87. The summed E-state index contributed by atoms with van der Waals surface area (Å²) in [7, 11) is -3.30. The summed E-state index contributed by atoms with van der Waals surface area (Å²) in [6, 6.07) is 0. The van der Waals surface area contributed by atoms with E-state index in [2.05, 4.69) is 21.7 Å². The van der Waals surface area contributed by atoms with E-state index >= 15 is 0 Å². The van der Waals surface area contributed by atoms with Crippen LogP contribution < -0.4 is 15.2 Å². The summed E-state index contributed by atoms with van der Waals surface area (Å²) >= 11 is 4.69. The first-order chi connectivity index (χ1) is 6.48. The Bertz CT molecular complexity index is 264. The van der Waals surface area contributed by atoms with Gasteiger partial charge in [0.2, 0.25) is 0 Å². The summed E-state index contributed by atoms with van der Waals surface area (Å²) in [5.41, 5.74) is 5.29. The summed E-state index contributed by atoms with van der Waals surface area (Å²) in [6.07, 6.45) is 2.21. The van der Waals surface area contributed by atoms with E-state index in [0.29, 0.717) is 24.5 Å². The van der Waals surface area contributed by atoms with Gasteiger partial charge in [-0.1, -0.05) is 19.1 Å². The second-order valence-corrected chi connectivity index (χ2v) is 4.93. The van der Waals surface area contributed by atoms with Crippen molar-refractivity contribution < 1.29 is 8.42 Å². The smallest absolute Gasteiger partial charge is 0.276 e. The molecule has 0 heterocycles. The van der Waals surface area contributed by atoms with Crippen LogP contribution in [0.4, 0.5) is 0 Å². The van der Waals surface area contributed by atoms with E-state index in [1.807, 2.05) is 0 Å². The molecule has 0 saturated carbocycles. The molecular formula is C7H17N3O2S2. The summed E-state index contributed by atoms with van der Waals surface area (Å²) in [4.78, 5) is 0.472. The molecule has 0 fully saturated rings. The Morgan fingerprint density at radius 3 is 2.50 bits per heavy atom. The molecule has 0 unspecified atom stereocenters. The molecule has 0 aromatic heterocycles. The predicted octanol–water partition coefficient (Wildman–Crippen LogP) is -0.113. The first-order valence-electron chi connectivity index (χ1n) is 4.50. The highest BCUT2D eigenvalue weighted by Crippen LogP contribution is 1.94. The van der Waals surface area contributed by atoms with Gasteiger partial charge < -0.3 is 5.73 Å². The van der Waals surface area contributed by atoms with Crippen LogP contribution in [0.1, 0.15) is 26.2 Å². The second-order valence-electron chi connectivity index (χ2n) is 2.82. The minimum Gasteiger partial charge on any atom is -0.393 e. The Kier molecular flexibility index (Phi) is 6.98. The standard InChI is InChI=1S/C7H17N3O2S2/c1-2-9-14(11,12)10-6-4-3-5-7(8)13/h9-10H,2-6H2,1H3,(H2,8,13). The van der Waals surface area contributed by atoms with Crippen molar-refractivity contribution in [2.45, 2.75) is 26.2 Å². The van der Waals surface area contributed by atoms with Crippen LogP contribution in [0, 0.1) is 0 Å². The molecular weight excluding hydrogens is 222 g/mol. The van der Waals surface area contributed by atoms with E-state index in [1.54, 1.807) is 6.92 Å². The quantitative estimate of drug-likeness (QED) is 0.407. The monoisotopic (exact) mass is 239 g/mol. The Balaban J connectivity index is 3.49. The zero-order chi connectivity index (χ0) is 11.0. The molecule has 14 heavy (non-hydrogen) atoms. The van der Waals surface area contributed by atoms with E-state index in [4.69, 9.17) is 5.73 Å². The van der Waals surface area contributed by atoms with Crippen LogP contribution >= 0.6 is 12.2 Å². The first kappa shape index (κ1) is 13.8. The van der Waals surface area contributed by atoms with Crippen molar-refractivity contribution in [2.75, 3.05) is 13.1 Å². The molecule has 0 radical (unpaired) electrons. The average molecular weight is 239 g/mol. The lowest BCUT2D eigenvalue weighted by molar-refractivity contribution is 0.565. The van der Waals surface area contributed by atoms with Gasteiger partial charge in [0.1, 0.15) is 0 Å². The molecule has 0 aliphatic rings. The molecule has 0 bridgehead atoms. The number of hydrogen-bond donors (Lipinski definition) is 3. The molecule has 0 aromatic carbocycles. The lowest BCUT2D eigenvalue weighted by Crippen LogP contribution is -2.36. The Morgan fingerprint density at radius 2 is 2.00 bits per heavy atom. The van der Waals surface area contributed by atoms with Gasteiger partial charge in [-0.15, -0.1) is 0 Å². The highest BCUT2D eigenvalue weighted by atomic mass is 32.2. The molecule has 7 heteroatoms. The van der Waals surface area contributed by atoms with Gasteiger partial charge in [-0.25, -0.2) is 9.44 Å². The summed E-state index contributed by atoms with van der Waals surface area (Å²) < 4.78 is 26.9. The van der Waals surface area contributed by atoms with Crippen LogP contribution in [0.2, 0.25) is 0 Å². The van der Waals surface area contributed by atoms with Crippen LogP contribution in [0.25, 0.3) is 0 Å². The zero-order valence-corrected chi connectivity index (χ0v) is 9.88. The summed E-state index contributed by atoms with van der Waals surface area (Å²) in [6.45, 7) is 2.53. The number of rotatable bonds is 8. The van der Waals surface area contributed by atoms with Crippen molar-refractivity contribution in [3.05, 3.63) is 0 Å². The molecule has 84 valence electrons. The third kappa shape index (κ3) is 8.36. The maximum Gasteiger partial charge on any atom is 0.276 e. The van der Waals surface area contributed by atoms with Crippen molar-refractivity contribution in [3.63, 3.8) is 0 Å². The number of hydrogen-bond acceptors (Lipinski definition) is 3. The molecule has 0 aliphatic heterocycles. The average Bonchev–Trinajstić information content (AvgIpc) is 2.02. The Hall–Kier alpha value is -0.240. The summed E-state index contributed by atoms with van der Waals surface area (Å²) in [5.74, 6) is 0. The lowest BCUT2D eigenvalue weighted by atomic mass is 10.2. The lowest BCUT2D eigenvalue weighted by Gasteiger charge is -2.05. The fourth-order valence-electron chi connectivity index (χ4n) is 0.872.